The lowest BCUT2D eigenvalue weighted by Crippen LogP contribution is -2.02. The molecular weight excluding hydrogens is 222 g/mol. The predicted molar refractivity (Wildman–Crippen MR) is 63.6 cm³/mol. The van der Waals surface area contributed by atoms with Crippen LogP contribution in [0.25, 0.3) is 10.4 Å². The number of rotatable bonds is 2. The van der Waals surface area contributed by atoms with E-state index in [2.05, 4.69) is 4.37 Å². The SMILES string of the molecule is CC(=O)Oc1c(C)nsc1-c1ccccc1. The molecule has 0 amide bonds. The van der Waals surface area contributed by atoms with Crippen LogP contribution in [0.5, 0.6) is 5.75 Å². The number of carbonyl (C=O) groups is 1. The van der Waals surface area contributed by atoms with Crippen LogP contribution in [-0.4, -0.2) is 10.3 Å². The van der Waals surface area contributed by atoms with E-state index in [1.165, 1.54) is 18.5 Å². The number of ether oxygens (including phenoxy) is 1. The molecule has 0 radical (unpaired) electrons. The Balaban J connectivity index is 2.46. The average molecular weight is 233 g/mol. The monoisotopic (exact) mass is 233 g/mol. The summed E-state index contributed by atoms with van der Waals surface area (Å²) in [6.07, 6.45) is 0. The molecule has 0 spiro atoms. The van der Waals surface area contributed by atoms with Crippen molar-refractivity contribution in [2.75, 3.05) is 0 Å². The molecule has 1 aromatic carbocycles. The first-order valence-electron chi connectivity index (χ1n) is 4.88. The van der Waals surface area contributed by atoms with E-state index in [-0.39, 0.29) is 5.97 Å². The summed E-state index contributed by atoms with van der Waals surface area (Å²) < 4.78 is 9.39. The minimum atomic E-state index is -0.319. The topological polar surface area (TPSA) is 39.2 Å². The molecule has 0 N–H and O–H groups in total. The standard InChI is InChI=1S/C12H11NO2S/c1-8-11(15-9(2)14)12(16-13-8)10-6-4-3-5-7-10/h3-7H,1-2H3. The zero-order valence-electron chi connectivity index (χ0n) is 9.06. The first-order valence-corrected chi connectivity index (χ1v) is 5.66. The second-order valence-corrected chi connectivity index (χ2v) is 4.16. The third-order valence-corrected chi connectivity index (χ3v) is 3.06. The highest BCUT2D eigenvalue weighted by Gasteiger charge is 2.15. The van der Waals surface area contributed by atoms with Crippen LogP contribution in [0.2, 0.25) is 0 Å². The van der Waals surface area contributed by atoms with E-state index in [1.54, 1.807) is 0 Å². The third-order valence-electron chi connectivity index (χ3n) is 2.09. The van der Waals surface area contributed by atoms with E-state index in [0.29, 0.717) is 5.75 Å². The number of aryl methyl sites for hydroxylation is 1. The lowest BCUT2D eigenvalue weighted by atomic mass is 10.2. The molecule has 1 aromatic heterocycles. The van der Waals surface area contributed by atoms with Crippen molar-refractivity contribution in [3.8, 4) is 16.2 Å². The lowest BCUT2D eigenvalue weighted by molar-refractivity contribution is -0.131. The Morgan fingerprint density at radius 1 is 1.31 bits per heavy atom. The van der Waals surface area contributed by atoms with Gasteiger partial charge in [-0.3, -0.25) is 4.79 Å². The van der Waals surface area contributed by atoms with Crippen LogP contribution in [-0.2, 0) is 4.79 Å². The molecule has 0 fully saturated rings. The Morgan fingerprint density at radius 3 is 2.62 bits per heavy atom. The molecule has 0 aliphatic heterocycles. The predicted octanol–water partition coefficient (Wildman–Crippen LogP) is 3.04. The maximum atomic E-state index is 11.0. The Morgan fingerprint density at radius 2 is 2.00 bits per heavy atom. The molecule has 4 heteroatoms. The number of benzene rings is 1. The summed E-state index contributed by atoms with van der Waals surface area (Å²) in [5, 5.41) is 0. The molecule has 2 rings (SSSR count). The summed E-state index contributed by atoms with van der Waals surface area (Å²) in [6.45, 7) is 3.23. The van der Waals surface area contributed by atoms with Gasteiger partial charge < -0.3 is 4.74 Å². The maximum absolute atomic E-state index is 11.0. The van der Waals surface area contributed by atoms with Gasteiger partial charge in [-0.2, -0.15) is 4.37 Å². The molecule has 0 aliphatic carbocycles. The molecule has 0 unspecified atom stereocenters. The van der Waals surface area contributed by atoms with Crippen LogP contribution >= 0.6 is 11.5 Å². The highest BCUT2D eigenvalue weighted by Crippen LogP contribution is 2.36. The number of hydrogen-bond acceptors (Lipinski definition) is 4. The molecule has 0 aliphatic rings. The zero-order chi connectivity index (χ0) is 11.5. The van der Waals surface area contributed by atoms with E-state index in [4.69, 9.17) is 4.74 Å². The smallest absolute Gasteiger partial charge is 0.308 e. The summed E-state index contributed by atoms with van der Waals surface area (Å²) >= 11 is 1.34. The third kappa shape index (κ3) is 2.12. The van der Waals surface area contributed by atoms with Crippen LogP contribution in [0.1, 0.15) is 12.6 Å². The van der Waals surface area contributed by atoms with Gasteiger partial charge in [0.25, 0.3) is 0 Å². The van der Waals surface area contributed by atoms with Gasteiger partial charge in [-0.15, -0.1) is 0 Å². The Hall–Kier alpha value is -1.68. The lowest BCUT2D eigenvalue weighted by Gasteiger charge is -2.03. The number of carbonyl (C=O) groups excluding carboxylic acids is 1. The highest BCUT2D eigenvalue weighted by atomic mass is 32.1. The molecule has 0 atom stereocenters. The van der Waals surface area contributed by atoms with Gasteiger partial charge in [0.2, 0.25) is 0 Å². The second kappa shape index (κ2) is 4.45. The molecule has 0 saturated heterocycles. The molecule has 1 heterocycles. The summed E-state index contributed by atoms with van der Waals surface area (Å²) in [4.78, 5) is 11.9. The Labute approximate surface area is 97.9 Å². The van der Waals surface area contributed by atoms with E-state index < -0.39 is 0 Å². The Bertz CT molecular complexity index is 505. The van der Waals surface area contributed by atoms with Crippen molar-refractivity contribution in [3.05, 3.63) is 36.0 Å². The van der Waals surface area contributed by atoms with Gasteiger partial charge in [-0.1, -0.05) is 30.3 Å². The van der Waals surface area contributed by atoms with Gasteiger partial charge in [0.1, 0.15) is 0 Å². The molecule has 0 bridgehead atoms. The molecule has 16 heavy (non-hydrogen) atoms. The van der Waals surface area contributed by atoms with Crippen LogP contribution < -0.4 is 4.74 Å². The van der Waals surface area contributed by atoms with Crippen molar-refractivity contribution in [2.45, 2.75) is 13.8 Å². The van der Waals surface area contributed by atoms with Gasteiger partial charge in [-0.05, 0) is 24.0 Å². The largest absolute Gasteiger partial charge is 0.423 e. The highest BCUT2D eigenvalue weighted by molar-refractivity contribution is 7.10. The first kappa shape index (κ1) is 10.8. The van der Waals surface area contributed by atoms with Crippen LogP contribution in [0.4, 0.5) is 0 Å². The molecule has 82 valence electrons. The maximum Gasteiger partial charge on any atom is 0.308 e. The normalized spacial score (nSPS) is 10.1. The van der Waals surface area contributed by atoms with Crippen molar-refractivity contribution in [1.29, 1.82) is 0 Å². The van der Waals surface area contributed by atoms with Gasteiger partial charge in [0, 0.05) is 6.92 Å². The molecule has 2 aromatic rings. The van der Waals surface area contributed by atoms with E-state index in [1.807, 2.05) is 37.3 Å². The minimum absolute atomic E-state index is 0.319. The first-order chi connectivity index (χ1) is 7.68. The number of esters is 1. The van der Waals surface area contributed by atoms with Gasteiger partial charge in [0.15, 0.2) is 5.75 Å². The summed E-state index contributed by atoms with van der Waals surface area (Å²) in [6, 6.07) is 9.78. The number of nitrogens with zero attached hydrogens (tertiary/aromatic N) is 1. The Kier molecular flexibility index (Phi) is 3.01. The molecule has 3 nitrogen and oxygen atoms in total. The molecule has 0 saturated carbocycles. The number of hydrogen-bond donors (Lipinski definition) is 0. The number of aromatic nitrogens is 1. The van der Waals surface area contributed by atoms with Crippen molar-refractivity contribution in [1.82, 2.24) is 4.37 Å². The van der Waals surface area contributed by atoms with E-state index in [0.717, 1.165) is 16.1 Å². The average Bonchev–Trinajstić information content (AvgIpc) is 2.61. The fourth-order valence-electron chi connectivity index (χ4n) is 1.40. The molecular formula is C12H11NO2S. The van der Waals surface area contributed by atoms with Crippen molar-refractivity contribution >= 4 is 17.5 Å². The van der Waals surface area contributed by atoms with Crippen LogP contribution in [0.15, 0.2) is 30.3 Å². The summed E-state index contributed by atoms with van der Waals surface area (Å²) in [5.41, 5.74) is 1.77. The van der Waals surface area contributed by atoms with Crippen LogP contribution in [0.3, 0.4) is 0 Å². The van der Waals surface area contributed by atoms with Gasteiger partial charge in [0.05, 0.1) is 10.6 Å². The van der Waals surface area contributed by atoms with Crippen molar-refractivity contribution in [3.63, 3.8) is 0 Å². The quantitative estimate of drug-likeness (QED) is 0.748. The summed E-state index contributed by atoms with van der Waals surface area (Å²) in [5.74, 6) is 0.254. The fourth-order valence-corrected chi connectivity index (χ4v) is 2.22. The van der Waals surface area contributed by atoms with E-state index >= 15 is 0 Å². The van der Waals surface area contributed by atoms with E-state index in [9.17, 15) is 4.79 Å². The van der Waals surface area contributed by atoms with Crippen molar-refractivity contribution in [2.24, 2.45) is 0 Å². The van der Waals surface area contributed by atoms with Crippen molar-refractivity contribution < 1.29 is 9.53 Å². The van der Waals surface area contributed by atoms with Gasteiger partial charge in [-0.25, -0.2) is 0 Å². The van der Waals surface area contributed by atoms with Crippen LogP contribution in [0, 0.1) is 6.92 Å². The second-order valence-electron chi connectivity index (χ2n) is 3.39. The summed E-state index contributed by atoms with van der Waals surface area (Å²) in [7, 11) is 0. The minimum Gasteiger partial charge on any atom is -0.423 e. The van der Waals surface area contributed by atoms with Gasteiger partial charge >= 0.3 is 5.97 Å². The zero-order valence-corrected chi connectivity index (χ0v) is 9.88. The fraction of sp³-hybridized carbons (Fsp3) is 0.167.